The largest absolute Gasteiger partial charge is 0.493 e. The van der Waals surface area contributed by atoms with Gasteiger partial charge in [-0.2, -0.15) is 0 Å². The molecule has 0 saturated carbocycles. The topological polar surface area (TPSA) is 74.1 Å². The molecule has 1 heterocycles. The Morgan fingerprint density at radius 3 is 2.79 bits per heavy atom. The summed E-state index contributed by atoms with van der Waals surface area (Å²) in [5.41, 5.74) is 2.15. The second-order valence-corrected chi connectivity index (χ2v) is 7.87. The van der Waals surface area contributed by atoms with E-state index in [0.717, 1.165) is 47.3 Å². The molecule has 0 bridgehead atoms. The summed E-state index contributed by atoms with van der Waals surface area (Å²) in [6.07, 6.45) is 1.02. The van der Waals surface area contributed by atoms with Gasteiger partial charge in [0.1, 0.15) is 6.61 Å². The number of hydrogen-bond acceptors (Lipinski definition) is 7. The van der Waals surface area contributed by atoms with Gasteiger partial charge in [0.05, 0.1) is 7.11 Å². The zero-order valence-corrected chi connectivity index (χ0v) is 18.0. The minimum absolute atomic E-state index is 0.438. The number of methoxy groups -OCH3 is 1. The molecule has 0 aliphatic carbocycles. The molecule has 0 aliphatic heterocycles. The number of tetrazole rings is 1. The number of halogens is 1. The normalized spacial score (nSPS) is 10.9. The van der Waals surface area contributed by atoms with Crippen molar-refractivity contribution in [2.75, 3.05) is 19.4 Å². The van der Waals surface area contributed by atoms with Crippen molar-refractivity contribution in [1.82, 2.24) is 25.5 Å². The highest BCUT2D eigenvalue weighted by molar-refractivity contribution is 7.99. The minimum Gasteiger partial charge on any atom is -0.493 e. The van der Waals surface area contributed by atoms with E-state index in [1.54, 1.807) is 23.6 Å². The summed E-state index contributed by atoms with van der Waals surface area (Å²) >= 11 is 7.68. The summed E-state index contributed by atoms with van der Waals surface area (Å²) in [5.74, 6) is 2.39. The van der Waals surface area contributed by atoms with Gasteiger partial charge < -0.3 is 14.8 Å². The van der Waals surface area contributed by atoms with E-state index in [2.05, 4.69) is 20.8 Å². The van der Waals surface area contributed by atoms with Crippen molar-refractivity contribution in [1.29, 1.82) is 0 Å². The summed E-state index contributed by atoms with van der Waals surface area (Å²) in [6, 6.07) is 13.6. The molecule has 9 heteroatoms. The van der Waals surface area contributed by atoms with Crippen LogP contribution in [0.3, 0.4) is 0 Å². The molecule has 29 heavy (non-hydrogen) atoms. The number of ether oxygens (including phenoxy) is 2. The SMILES string of the molecule is COc1cc(CNCCCSc2nnnn2C)ccc1OCc1cccc(Cl)c1. The van der Waals surface area contributed by atoms with Gasteiger partial charge in [-0.25, -0.2) is 4.68 Å². The van der Waals surface area contributed by atoms with Crippen LogP contribution in [0.25, 0.3) is 0 Å². The first kappa shape index (κ1) is 21.4. The molecular weight excluding hydrogens is 410 g/mol. The van der Waals surface area contributed by atoms with Crippen molar-refractivity contribution in [3.05, 3.63) is 58.6 Å². The predicted molar refractivity (Wildman–Crippen MR) is 115 cm³/mol. The Bertz CT molecular complexity index is 921. The number of nitrogens with zero attached hydrogens (tertiary/aromatic N) is 4. The van der Waals surface area contributed by atoms with Crippen molar-refractivity contribution in [2.45, 2.75) is 24.7 Å². The Kier molecular flexibility index (Phi) is 8.15. The number of thioether (sulfide) groups is 1. The Hall–Kier alpha value is -2.29. The Balaban J connectivity index is 1.42. The summed E-state index contributed by atoms with van der Waals surface area (Å²) in [4.78, 5) is 0. The van der Waals surface area contributed by atoms with Crippen LogP contribution in [0.1, 0.15) is 17.5 Å². The third-order valence-corrected chi connectivity index (χ3v) is 5.48. The molecule has 3 aromatic rings. The van der Waals surface area contributed by atoms with Gasteiger partial charge in [0.15, 0.2) is 11.5 Å². The van der Waals surface area contributed by atoms with Gasteiger partial charge in [0, 0.05) is 24.4 Å². The first-order valence-electron chi connectivity index (χ1n) is 9.25. The number of aromatic nitrogens is 4. The molecule has 0 saturated heterocycles. The summed E-state index contributed by atoms with van der Waals surface area (Å²) in [7, 11) is 3.49. The van der Waals surface area contributed by atoms with Crippen LogP contribution in [-0.4, -0.2) is 39.6 Å². The van der Waals surface area contributed by atoms with E-state index < -0.39 is 0 Å². The average molecular weight is 434 g/mol. The van der Waals surface area contributed by atoms with E-state index in [0.29, 0.717) is 17.4 Å². The van der Waals surface area contributed by atoms with Crippen molar-refractivity contribution in [2.24, 2.45) is 7.05 Å². The maximum atomic E-state index is 6.02. The van der Waals surface area contributed by atoms with E-state index >= 15 is 0 Å². The molecule has 3 rings (SSSR count). The Morgan fingerprint density at radius 2 is 2.03 bits per heavy atom. The summed E-state index contributed by atoms with van der Waals surface area (Å²) in [6.45, 7) is 2.11. The molecule has 1 N–H and O–H groups in total. The van der Waals surface area contributed by atoms with E-state index in [-0.39, 0.29) is 0 Å². The van der Waals surface area contributed by atoms with Gasteiger partial charge in [-0.15, -0.1) is 5.10 Å². The smallest absolute Gasteiger partial charge is 0.209 e. The number of benzene rings is 2. The molecule has 7 nitrogen and oxygen atoms in total. The fourth-order valence-corrected chi connectivity index (χ4v) is 3.67. The zero-order chi connectivity index (χ0) is 20.5. The summed E-state index contributed by atoms with van der Waals surface area (Å²) < 4.78 is 13.1. The standard InChI is InChI=1S/C20H24ClN5O2S/c1-26-20(23-24-25-26)29-10-4-9-22-13-15-7-8-18(19(12-15)27-2)28-14-16-5-3-6-17(21)11-16/h3,5-8,11-12,22H,4,9-10,13-14H2,1-2H3. The van der Waals surface area contributed by atoms with Crippen LogP contribution < -0.4 is 14.8 Å². The van der Waals surface area contributed by atoms with Crippen LogP contribution in [0.5, 0.6) is 11.5 Å². The van der Waals surface area contributed by atoms with Crippen LogP contribution >= 0.6 is 23.4 Å². The molecule has 1 aromatic heterocycles. The fraction of sp³-hybridized carbons (Fsp3) is 0.350. The highest BCUT2D eigenvalue weighted by Gasteiger charge is 2.07. The molecule has 0 amide bonds. The van der Waals surface area contributed by atoms with Gasteiger partial charge in [0.2, 0.25) is 5.16 Å². The Morgan fingerprint density at radius 1 is 1.14 bits per heavy atom. The predicted octanol–water partition coefficient (Wildman–Crippen LogP) is 3.72. The van der Waals surface area contributed by atoms with Gasteiger partial charge in [0.25, 0.3) is 0 Å². The maximum absolute atomic E-state index is 6.02. The van der Waals surface area contributed by atoms with Gasteiger partial charge in [-0.05, 0) is 58.8 Å². The number of aryl methyl sites for hydroxylation is 1. The molecule has 0 radical (unpaired) electrons. The second-order valence-electron chi connectivity index (χ2n) is 6.37. The van der Waals surface area contributed by atoms with Crippen LogP contribution in [0, 0.1) is 0 Å². The van der Waals surface area contributed by atoms with Crippen molar-refractivity contribution in [3.8, 4) is 11.5 Å². The molecule has 154 valence electrons. The van der Waals surface area contributed by atoms with E-state index in [1.807, 2.05) is 49.5 Å². The molecule has 0 aliphatic rings. The number of rotatable bonds is 11. The van der Waals surface area contributed by atoms with E-state index in [4.69, 9.17) is 21.1 Å². The van der Waals surface area contributed by atoms with Gasteiger partial charge in [-0.3, -0.25) is 0 Å². The lowest BCUT2D eigenvalue weighted by molar-refractivity contribution is 0.284. The number of hydrogen-bond donors (Lipinski definition) is 1. The average Bonchev–Trinajstić information content (AvgIpc) is 3.14. The molecule has 0 fully saturated rings. The lowest BCUT2D eigenvalue weighted by Gasteiger charge is -2.13. The van der Waals surface area contributed by atoms with Crippen LogP contribution in [0.2, 0.25) is 5.02 Å². The van der Waals surface area contributed by atoms with Gasteiger partial charge >= 0.3 is 0 Å². The van der Waals surface area contributed by atoms with E-state index in [9.17, 15) is 0 Å². The number of nitrogens with one attached hydrogen (secondary N) is 1. The first-order chi connectivity index (χ1) is 14.2. The highest BCUT2D eigenvalue weighted by Crippen LogP contribution is 2.29. The maximum Gasteiger partial charge on any atom is 0.209 e. The summed E-state index contributed by atoms with van der Waals surface area (Å²) in [5, 5.41) is 16.4. The quantitative estimate of drug-likeness (QED) is 0.365. The first-order valence-corrected chi connectivity index (χ1v) is 10.6. The molecule has 2 aromatic carbocycles. The third-order valence-electron chi connectivity index (χ3n) is 4.15. The minimum atomic E-state index is 0.438. The monoisotopic (exact) mass is 433 g/mol. The zero-order valence-electron chi connectivity index (χ0n) is 16.5. The van der Waals surface area contributed by atoms with Crippen molar-refractivity contribution in [3.63, 3.8) is 0 Å². The van der Waals surface area contributed by atoms with Crippen LogP contribution in [0.4, 0.5) is 0 Å². The molecule has 0 spiro atoms. The van der Waals surface area contributed by atoms with Crippen molar-refractivity contribution >= 4 is 23.4 Å². The molecule has 0 unspecified atom stereocenters. The Labute approximate surface area is 179 Å². The van der Waals surface area contributed by atoms with Crippen LogP contribution in [0.15, 0.2) is 47.6 Å². The van der Waals surface area contributed by atoms with Gasteiger partial charge in [-0.1, -0.05) is 41.6 Å². The van der Waals surface area contributed by atoms with Crippen LogP contribution in [-0.2, 0) is 20.2 Å². The fourth-order valence-electron chi connectivity index (χ4n) is 2.67. The lowest BCUT2D eigenvalue weighted by atomic mass is 10.2. The molecular formula is C20H24ClN5O2S. The van der Waals surface area contributed by atoms with Crippen molar-refractivity contribution < 1.29 is 9.47 Å². The van der Waals surface area contributed by atoms with E-state index in [1.165, 1.54) is 0 Å². The molecule has 0 atom stereocenters. The lowest BCUT2D eigenvalue weighted by Crippen LogP contribution is -2.15. The highest BCUT2D eigenvalue weighted by atomic mass is 35.5. The second kappa shape index (κ2) is 11.0. The third kappa shape index (κ3) is 6.62.